The van der Waals surface area contributed by atoms with Crippen LogP contribution >= 0.6 is 15.9 Å². The van der Waals surface area contributed by atoms with Crippen LogP contribution in [0.5, 0.6) is 5.75 Å². The Morgan fingerprint density at radius 2 is 1.92 bits per heavy atom. The molecule has 0 unspecified atom stereocenters. The Bertz CT molecular complexity index is 633. The van der Waals surface area contributed by atoms with Crippen LogP contribution < -0.4 is 4.74 Å². The van der Waals surface area contributed by atoms with Crippen LogP contribution in [-0.2, 0) is 4.79 Å². The van der Waals surface area contributed by atoms with Crippen LogP contribution in [0.1, 0.15) is 44.6 Å². The quantitative estimate of drug-likeness (QED) is 0.664. The number of amides is 1. The summed E-state index contributed by atoms with van der Waals surface area (Å²) in [5, 5.41) is 0. The van der Waals surface area contributed by atoms with Crippen LogP contribution in [0, 0.1) is 0 Å². The molecule has 5 heteroatoms. The number of benzene rings is 1. The van der Waals surface area contributed by atoms with E-state index in [0.29, 0.717) is 6.61 Å². The highest BCUT2D eigenvalue weighted by atomic mass is 79.9. The molecule has 142 valence electrons. The molecule has 1 heterocycles. The number of piperazine rings is 1. The van der Waals surface area contributed by atoms with Crippen molar-refractivity contribution in [2.24, 2.45) is 0 Å². The SMILES string of the molecule is CCOc1ccc(Br)cc1/C=C/C(=O)N1CCN(C2CCCCC2)CC1. The van der Waals surface area contributed by atoms with Crippen LogP contribution in [0.15, 0.2) is 28.7 Å². The minimum Gasteiger partial charge on any atom is -0.493 e. The second-order valence-electron chi connectivity index (χ2n) is 7.10. The molecule has 1 saturated carbocycles. The molecule has 2 aliphatic rings. The highest BCUT2D eigenvalue weighted by Crippen LogP contribution is 2.25. The minimum atomic E-state index is 0.0933. The monoisotopic (exact) mass is 420 g/mol. The van der Waals surface area contributed by atoms with Crippen LogP contribution in [-0.4, -0.2) is 54.5 Å². The van der Waals surface area contributed by atoms with Crippen LogP contribution in [0.2, 0.25) is 0 Å². The van der Waals surface area contributed by atoms with Gasteiger partial charge in [-0.15, -0.1) is 0 Å². The number of hydrogen-bond acceptors (Lipinski definition) is 3. The molecule has 26 heavy (non-hydrogen) atoms. The van der Waals surface area contributed by atoms with Gasteiger partial charge in [-0.1, -0.05) is 35.2 Å². The van der Waals surface area contributed by atoms with Gasteiger partial charge in [0.25, 0.3) is 0 Å². The fourth-order valence-corrected chi connectivity index (χ4v) is 4.34. The van der Waals surface area contributed by atoms with E-state index in [4.69, 9.17) is 4.74 Å². The third-order valence-electron chi connectivity index (χ3n) is 5.39. The molecule has 1 aromatic rings. The number of hydrogen-bond donors (Lipinski definition) is 0. The number of carbonyl (C=O) groups excluding carboxylic acids is 1. The third kappa shape index (κ3) is 5.10. The Morgan fingerprint density at radius 3 is 2.62 bits per heavy atom. The molecule has 0 bridgehead atoms. The molecule has 0 aromatic heterocycles. The predicted molar refractivity (Wildman–Crippen MR) is 109 cm³/mol. The van der Waals surface area contributed by atoms with Crippen molar-refractivity contribution >= 4 is 27.9 Å². The zero-order valence-electron chi connectivity index (χ0n) is 15.6. The highest BCUT2D eigenvalue weighted by Gasteiger charge is 2.26. The van der Waals surface area contributed by atoms with Crippen LogP contribution in [0.3, 0.4) is 0 Å². The average Bonchev–Trinajstić information content (AvgIpc) is 2.69. The fraction of sp³-hybridized carbons (Fsp3) is 0.571. The summed E-state index contributed by atoms with van der Waals surface area (Å²) in [5.74, 6) is 0.901. The van der Waals surface area contributed by atoms with Crippen molar-refractivity contribution in [2.45, 2.75) is 45.1 Å². The Labute approximate surface area is 165 Å². The highest BCUT2D eigenvalue weighted by molar-refractivity contribution is 9.10. The first-order valence-corrected chi connectivity index (χ1v) is 10.6. The smallest absolute Gasteiger partial charge is 0.246 e. The van der Waals surface area contributed by atoms with E-state index in [1.165, 1.54) is 32.1 Å². The van der Waals surface area contributed by atoms with Gasteiger partial charge in [0, 0.05) is 48.3 Å². The molecule has 1 aliphatic heterocycles. The summed E-state index contributed by atoms with van der Waals surface area (Å²) in [6, 6.07) is 6.61. The van der Waals surface area contributed by atoms with Crippen LogP contribution in [0.25, 0.3) is 6.08 Å². The van der Waals surface area contributed by atoms with E-state index in [0.717, 1.165) is 48.0 Å². The third-order valence-corrected chi connectivity index (χ3v) is 5.89. The van der Waals surface area contributed by atoms with Gasteiger partial charge < -0.3 is 9.64 Å². The van der Waals surface area contributed by atoms with E-state index in [1.807, 2.05) is 36.1 Å². The fourth-order valence-electron chi connectivity index (χ4n) is 3.96. The molecule has 4 nitrogen and oxygen atoms in total. The molecule has 1 aliphatic carbocycles. The van der Waals surface area contributed by atoms with Gasteiger partial charge in [-0.2, -0.15) is 0 Å². The Hall–Kier alpha value is -1.33. The zero-order valence-corrected chi connectivity index (χ0v) is 17.2. The Balaban J connectivity index is 1.55. The summed E-state index contributed by atoms with van der Waals surface area (Å²) in [7, 11) is 0. The lowest BCUT2D eigenvalue weighted by Gasteiger charge is -2.40. The average molecular weight is 421 g/mol. The van der Waals surface area contributed by atoms with Crippen molar-refractivity contribution in [1.82, 2.24) is 9.80 Å². The molecule has 0 radical (unpaired) electrons. The normalized spacial score (nSPS) is 19.8. The van der Waals surface area contributed by atoms with E-state index in [-0.39, 0.29) is 5.91 Å². The largest absolute Gasteiger partial charge is 0.493 e. The lowest BCUT2D eigenvalue weighted by molar-refractivity contribution is -0.128. The van der Waals surface area contributed by atoms with E-state index in [9.17, 15) is 4.79 Å². The van der Waals surface area contributed by atoms with Crippen molar-refractivity contribution in [3.8, 4) is 5.75 Å². The number of carbonyl (C=O) groups is 1. The van der Waals surface area contributed by atoms with Crippen molar-refractivity contribution in [3.05, 3.63) is 34.3 Å². The summed E-state index contributed by atoms with van der Waals surface area (Å²) in [6.45, 7) is 6.25. The molecular weight excluding hydrogens is 392 g/mol. The van der Waals surface area contributed by atoms with E-state index < -0.39 is 0 Å². The van der Waals surface area contributed by atoms with E-state index in [2.05, 4.69) is 20.8 Å². The maximum atomic E-state index is 12.6. The molecule has 0 atom stereocenters. The molecule has 1 saturated heterocycles. The van der Waals surface area contributed by atoms with Gasteiger partial charge in [0.15, 0.2) is 0 Å². The molecule has 3 rings (SSSR count). The maximum absolute atomic E-state index is 12.6. The topological polar surface area (TPSA) is 32.8 Å². The second-order valence-corrected chi connectivity index (χ2v) is 8.02. The van der Waals surface area contributed by atoms with Crippen molar-refractivity contribution in [2.75, 3.05) is 32.8 Å². The Kier molecular flexibility index (Phi) is 7.15. The summed E-state index contributed by atoms with van der Waals surface area (Å²) >= 11 is 3.49. The lowest BCUT2D eigenvalue weighted by atomic mass is 9.94. The molecule has 1 amide bonds. The summed E-state index contributed by atoms with van der Waals surface area (Å²) in [5.41, 5.74) is 0.926. The molecule has 0 N–H and O–H groups in total. The van der Waals surface area contributed by atoms with Gasteiger partial charge in [-0.25, -0.2) is 0 Å². The molecule has 2 fully saturated rings. The van der Waals surface area contributed by atoms with Gasteiger partial charge in [0.1, 0.15) is 5.75 Å². The van der Waals surface area contributed by atoms with Crippen molar-refractivity contribution < 1.29 is 9.53 Å². The van der Waals surface area contributed by atoms with Gasteiger partial charge in [-0.3, -0.25) is 9.69 Å². The molecule has 0 spiro atoms. The first-order valence-electron chi connectivity index (χ1n) is 9.80. The molecule has 1 aromatic carbocycles. The first kappa shape index (κ1) is 19.4. The summed E-state index contributed by atoms with van der Waals surface area (Å²) in [6.07, 6.45) is 10.3. The van der Waals surface area contributed by atoms with Gasteiger partial charge in [-0.05, 0) is 44.0 Å². The Morgan fingerprint density at radius 1 is 1.19 bits per heavy atom. The van der Waals surface area contributed by atoms with Gasteiger partial charge >= 0.3 is 0 Å². The summed E-state index contributed by atoms with van der Waals surface area (Å²) in [4.78, 5) is 17.1. The number of nitrogens with zero attached hydrogens (tertiary/aromatic N) is 2. The zero-order chi connectivity index (χ0) is 18.4. The predicted octanol–water partition coefficient (Wildman–Crippen LogP) is 4.34. The van der Waals surface area contributed by atoms with E-state index >= 15 is 0 Å². The van der Waals surface area contributed by atoms with Gasteiger partial charge in [0.2, 0.25) is 5.91 Å². The van der Waals surface area contributed by atoms with Crippen LogP contribution in [0.4, 0.5) is 0 Å². The standard InChI is InChI=1S/C21H29BrN2O2/c1-2-26-20-10-9-18(22)16-17(20)8-11-21(25)24-14-12-23(13-15-24)19-6-4-3-5-7-19/h8-11,16,19H,2-7,12-15H2,1H3/b11-8+. The number of rotatable bonds is 5. The summed E-state index contributed by atoms with van der Waals surface area (Å²) < 4.78 is 6.63. The molecular formula is C21H29BrN2O2. The first-order chi connectivity index (χ1) is 12.7. The van der Waals surface area contributed by atoms with E-state index in [1.54, 1.807) is 6.08 Å². The van der Waals surface area contributed by atoms with Crippen molar-refractivity contribution in [3.63, 3.8) is 0 Å². The lowest BCUT2D eigenvalue weighted by Crippen LogP contribution is -2.52. The van der Waals surface area contributed by atoms with Gasteiger partial charge in [0.05, 0.1) is 6.61 Å². The second kappa shape index (κ2) is 9.56. The number of halogens is 1. The number of ether oxygens (including phenoxy) is 1. The van der Waals surface area contributed by atoms with Crippen molar-refractivity contribution in [1.29, 1.82) is 0 Å². The maximum Gasteiger partial charge on any atom is 0.246 e. The minimum absolute atomic E-state index is 0.0933.